The van der Waals surface area contributed by atoms with Gasteiger partial charge in [0.05, 0.1) is 17.6 Å². The van der Waals surface area contributed by atoms with Gasteiger partial charge in [-0.25, -0.2) is 4.99 Å². The Morgan fingerprint density at radius 1 is 1.41 bits per heavy atom. The molecule has 4 nitrogen and oxygen atoms in total. The first-order valence-corrected chi connectivity index (χ1v) is 6.63. The van der Waals surface area contributed by atoms with Crippen molar-refractivity contribution in [3.8, 4) is 5.75 Å². The van der Waals surface area contributed by atoms with Crippen molar-refractivity contribution in [2.45, 2.75) is 13.0 Å². The highest BCUT2D eigenvalue weighted by Gasteiger charge is 2.02. The molecule has 0 aliphatic heterocycles. The van der Waals surface area contributed by atoms with Gasteiger partial charge in [-0.3, -0.25) is 0 Å². The van der Waals surface area contributed by atoms with Gasteiger partial charge in [-0.1, -0.05) is 6.07 Å². The van der Waals surface area contributed by atoms with Gasteiger partial charge < -0.3 is 16.2 Å². The molecular formula is C11H16BrN3OS. The van der Waals surface area contributed by atoms with Crippen LogP contribution < -0.4 is 16.2 Å². The molecule has 0 unspecified atom stereocenters. The summed E-state index contributed by atoms with van der Waals surface area (Å²) in [5, 5.41) is 0. The molecule has 0 saturated heterocycles. The fraction of sp³-hybridized carbons (Fsp3) is 0.364. The van der Waals surface area contributed by atoms with Crippen molar-refractivity contribution in [2.24, 2.45) is 16.5 Å². The van der Waals surface area contributed by atoms with Crippen LogP contribution in [-0.2, 0) is 6.54 Å². The van der Waals surface area contributed by atoms with Gasteiger partial charge in [0.25, 0.3) is 0 Å². The molecule has 94 valence electrons. The maximum absolute atomic E-state index is 5.58. The predicted octanol–water partition coefficient (Wildman–Crippen LogP) is 1.92. The predicted molar refractivity (Wildman–Crippen MR) is 77.6 cm³/mol. The smallest absolute Gasteiger partial charge is 0.186 e. The number of rotatable bonds is 6. The third-order valence-electron chi connectivity index (χ3n) is 2.00. The molecule has 0 aliphatic rings. The van der Waals surface area contributed by atoms with Crippen molar-refractivity contribution in [1.29, 1.82) is 0 Å². The van der Waals surface area contributed by atoms with E-state index in [2.05, 4.69) is 33.6 Å². The molecule has 0 bridgehead atoms. The van der Waals surface area contributed by atoms with Crippen LogP contribution >= 0.6 is 28.6 Å². The number of nitrogens with two attached hydrogens (primary N) is 2. The van der Waals surface area contributed by atoms with Gasteiger partial charge in [-0.15, -0.1) is 0 Å². The van der Waals surface area contributed by atoms with Crippen molar-refractivity contribution >= 4 is 34.5 Å². The summed E-state index contributed by atoms with van der Waals surface area (Å²) in [5.74, 6) is 1.73. The Morgan fingerprint density at radius 3 is 2.76 bits per heavy atom. The zero-order chi connectivity index (χ0) is 12.7. The molecule has 0 atom stereocenters. The maximum Gasteiger partial charge on any atom is 0.186 e. The van der Waals surface area contributed by atoms with Crippen LogP contribution in [0, 0.1) is 0 Å². The standard InChI is InChI=1S/C11H16BrN3OS/c12-9-6-8(7-15-11(13)14)2-3-10(9)16-4-1-5-17/h2-3,6,17H,1,4-5,7H2,(H4,13,14,15). The lowest BCUT2D eigenvalue weighted by Gasteiger charge is -2.08. The van der Waals surface area contributed by atoms with Gasteiger partial charge in [-0.05, 0) is 45.8 Å². The molecule has 4 N–H and O–H groups in total. The quantitative estimate of drug-likeness (QED) is 0.325. The monoisotopic (exact) mass is 317 g/mol. The average Bonchev–Trinajstić information content (AvgIpc) is 2.29. The van der Waals surface area contributed by atoms with E-state index in [9.17, 15) is 0 Å². The van der Waals surface area contributed by atoms with Gasteiger partial charge in [0.1, 0.15) is 5.75 Å². The topological polar surface area (TPSA) is 73.6 Å². The number of aliphatic imine (C=N–C) groups is 1. The number of hydrogen-bond donors (Lipinski definition) is 3. The summed E-state index contributed by atoms with van der Waals surface area (Å²) < 4.78 is 6.48. The third-order valence-corrected chi connectivity index (χ3v) is 2.94. The van der Waals surface area contributed by atoms with Crippen LogP contribution in [-0.4, -0.2) is 18.3 Å². The summed E-state index contributed by atoms with van der Waals surface area (Å²) in [6.45, 7) is 1.13. The van der Waals surface area contributed by atoms with Crippen LogP contribution in [0.15, 0.2) is 27.7 Å². The Hall–Kier alpha value is -0.880. The third kappa shape index (κ3) is 5.32. The molecule has 0 radical (unpaired) electrons. The Balaban J connectivity index is 2.62. The Bertz CT molecular complexity index is 394. The summed E-state index contributed by atoms with van der Waals surface area (Å²) in [5.41, 5.74) is 11.6. The minimum Gasteiger partial charge on any atom is -0.492 e. The molecule has 0 amide bonds. The van der Waals surface area contributed by atoms with Crippen LogP contribution in [0.5, 0.6) is 5.75 Å². The number of ether oxygens (including phenoxy) is 1. The number of hydrogen-bond acceptors (Lipinski definition) is 3. The van der Waals surface area contributed by atoms with E-state index < -0.39 is 0 Å². The highest BCUT2D eigenvalue weighted by molar-refractivity contribution is 9.10. The first kappa shape index (κ1) is 14.2. The molecule has 0 fully saturated rings. The van der Waals surface area contributed by atoms with Crippen LogP contribution in [0.2, 0.25) is 0 Å². The number of benzene rings is 1. The SMILES string of the molecule is NC(N)=NCc1ccc(OCCCS)c(Br)c1. The second-order valence-corrected chi connectivity index (χ2v) is 4.73. The van der Waals surface area contributed by atoms with E-state index in [0.717, 1.165) is 28.0 Å². The van der Waals surface area contributed by atoms with E-state index in [1.807, 2.05) is 18.2 Å². The zero-order valence-electron chi connectivity index (χ0n) is 9.40. The number of nitrogens with zero attached hydrogens (tertiary/aromatic N) is 1. The van der Waals surface area contributed by atoms with Crippen LogP contribution in [0.4, 0.5) is 0 Å². The highest BCUT2D eigenvalue weighted by atomic mass is 79.9. The zero-order valence-corrected chi connectivity index (χ0v) is 11.9. The lowest BCUT2D eigenvalue weighted by atomic mass is 10.2. The summed E-state index contributed by atoms with van der Waals surface area (Å²) in [6, 6.07) is 5.79. The molecule has 0 heterocycles. The fourth-order valence-corrected chi connectivity index (χ4v) is 1.86. The van der Waals surface area contributed by atoms with Crippen molar-refractivity contribution in [1.82, 2.24) is 0 Å². The Kier molecular flexibility index (Phi) is 6.21. The number of halogens is 1. The molecule has 1 aromatic rings. The molecule has 1 rings (SSSR count). The summed E-state index contributed by atoms with van der Waals surface area (Å²) in [7, 11) is 0. The molecule has 0 aromatic heterocycles. The fourth-order valence-electron chi connectivity index (χ4n) is 1.19. The molecule has 1 aromatic carbocycles. The normalized spacial score (nSPS) is 10.0. The van der Waals surface area contributed by atoms with Gasteiger partial charge in [0.2, 0.25) is 0 Å². The Labute approximate surface area is 115 Å². The van der Waals surface area contributed by atoms with Gasteiger partial charge in [-0.2, -0.15) is 12.6 Å². The lowest BCUT2D eigenvalue weighted by molar-refractivity contribution is 0.317. The van der Waals surface area contributed by atoms with Crippen LogP contribution in [0.25, 0.3) is 0 Å². The first-order valence-electron chi connectivity index (χ1n) is 5.21. The van der Waals surface area contributed by atoms with E-state index in [4.69, 9.17) is 16.2 Å². The largest absolute Gasteiger partial charge is 0.492 e. The highest BCUT2D eigenvalue weighted by Crippen LogP contribution is 2.26. The van der Waals surface area contributed by atoms with E-state index in [0.29, 0.717) is 13.2 Å². The van der Waals surface area contributed by atoms with Gasteiger partial charge in [0.15, 0.2) is 5.96 Å². The number of thiol groups is 1. The van der Waals surface area contributed by atoms with E-state index in [1.54, 1.807) is 0 Å². The second kappa shape index (κ2) is 7.45. The maximum atomic E-state index is 5.58. The summed E-state index contributed by atoms with van der Waals surface area (Å²) in [4.78, 5) is 3.94. The van der Waals surface area contributed by atoms with Crippen LogP contribution in [0.3, 0.4) is 0 Å². The molecule has 17 heavy (non-hydrogen) atoms. The average molecular weight is 318 g/mol. The molecule has 0 aliphatic carbocycles. The summed E-state index contributed by atoms with van der Waals surface area (Å²) >= 11 is 7.58. The van der Waals surface area contributed by atoms with E-state index in [-0.39, 0.29) is 5.96 Å². The molecular weight excluding hydrogens is 302 g/mol. The van der Waals surface area contributed by atoms with Crippen molar-refractivity contribution in [3.63, 3.8) is 0 Å². The van der Waals surface area contributed by atoms with Crippen molar-refractivity contribution in [3.05, 3.63) is 28.2 Å². The second-order valence-electron chi connectivity index (χ2n) is 3.43. The van der Waals surface area contributed by atoms with Gasteiger partial charge in [0, 0.05) is 0 Å². The molecule has 0 spiro atoms. The van der Waals surface area contributed by atoms with E-state index >= 15 is 0 Å². The minimum absolute atomic E-state index is 0.0928. The molecule has 0 saturated carbocycles. The number of guanidine groups is 1. The van der Waals surface area contributed by atoms with Crippen molar-refractivity contribution < 1.29 is 4.74 Å². The summed E-state index contributed by atoms with van der Waals surface area (Å²) in [6.07, 6.45) is 0.922. The van der Waals surface area contributed by atoms with Crippen LogP contribution in [0.1, 0.15) is 12.0 Å². The molecule has 6 heteroatoms. The van der Waals surface area contributed by atoms with E-state index in [1.165, 1.54) is 0 Å². The van der Waals surface area contributed by atoms with Crippen molar-refractivity contribution in [2.75, 3.05) is 12.4 Å². The Morgan fingerprint density at radius 2 is 2.18 bits per heavy atom. The first-order chi connectivity index (χ1) is 8.13. The minimum atomic E-state index is 0.0928. The lowest BCUT2D eigenvalue weighted by Crippen LogP contribution is -2.22. The van der Waals surface area contributed by atoms with Gasteiger partial charge >= 0.3 is 0 Å².